The Morgan fingerprint density at radius 2 is 2.12 bits per heavy atom. The Hall–Kier alpha value is -2.48. The molecule has 1 aliphatic heterocycles. The van der Waals surface area contributed by atoms with Gasteiger partial charge in [-0.15, -0.1) is 0 Å². The van der Waals surface area contributed by atoms with E-state index in [1.54, 1.807) is 6.20 Å². The van der Waals surface area contributed by atoms with Gasteiger partial charge in [-0.1, -0.05) is 18.2 Å². The molecule has 3 rings (SSSR count). The molecule has 2 aromatic rings. The van der Waals surface area contributed by atoms with Crippen molar-refractivity contribution in [3.63, 3.8) is 0 Å². The van der Waals surface area contributed by atoms with Crippen LogP contribution in [-0.4, -0.2) is 51.8 Å². The number of aliphatic hydroxyl groups excluding tert-OH is 1. The number of ether oxygens (including phenoxy) is 1. The molecule has 1 aliphatic rings. The first-order chi connectivity index (χ1) is 12.6. The van der Waals surface area contributed by atoms with Crippen molar-refractivity contribution in [2.24, 2.45) is 5.73 Å². The first kappa shape index (κ1) is 19.8. The Kier molecular flexibility index (Phi) is 8.01. The number of aromatic nitrogens is 1. The summed E-state index contributed by atoms with van der Waals surface area (Å²) in [4.78, 5) is 14.8. The summed E-state index contributed by atoms with van der Waals surface area (Å²) < 4.78 is 5.81. The Balaban J connectivity index is 0.000000758. The second-order valence-electron chi connectivity index (χ2n) is 6.12. The summed E-state index contributed by atoms with van der Waals surface area (Å²) >= 11 is 0. The van der Waals surface area contributed by atoms with E-state index in [2.05, 4.69) is 16.0 Å². The lowest BCUT2D eigenvalue weighted by Gasteiger charge is -2.34. The topological polar surface area (TPSA) is 109 Å². The van der Waals surface area contributed by atoms with Crippen molar-refractivity contribution in [3.05, 3.63) is 59.9 Å². The Labute approximate surface area is 153 Å². The summed E-state index contributed by atoms with van der Waals surface area (Å²) in [6.45, 7) is 2.55. The summed E-state index contributed by atoms with van der Waals surface area (Å²) in [6, 6.07) is 13.8. The highest BCUT2D eigenvalue weighted by Crippen LogP contribution is 2.18. The minimum absolute atomic E-state index is 0.0979. The fourth-order valence-corrected chi connectivity index (χ4v) is 2.79. The molecule has 26 heavy (non-hydrogen) atoms. The summed E-state index contributed by atoms with van der Waals surface area (Å²) in [7, 11) is 0. The summed E-state index contributed by atoms with van der Waals surface area (Å²) in [6.07, 6.45) is 2.16. The first-order valence-electron chi connectivity index (χ1n) is 8.48. The predicted octanol–water partition coefficient (Wildman–Crippen LogP) is 1.26. The number of benzene rings is 1. The van der Waals surface area contributed by atoms with Crippen molar-refractivity contribution in [1.29, 1.82) is 0 Å². The first-order valence-corrected chi connectivity index (χ1v) is 8.48. The second kappa shape index (κ2) is 10.5. The molecule has 140 valence electrons. The number of nitrogens with two attached hydrogens (primary N) is 1. The normalized spacial score (nSPS) is 19.9. The molecule has 7 nitrogen and oxygen atoms in total. The molecule has 0 unspecified atom stereocenters. The van der Waals surface area contributed by atoms with Gasteiger partial charge in [0, 0.05) is 31.9 Å². The van der Waals surface area contributed by atoms with Crippen LogP contribution in [0.3, 0.4) is 0 Å². The zero-order valence-electron chi connectivity index (χ0n) is 14.6. The number of piperidine rings is 1. The largest absolute Gasteiger partial charge is 0.487 e. The molecule has 1 aromatic heterocycles. The molecule has 4 N–H and O–H groups in total. The van der Waals surface area contributed by atoms with Crippen molar-refractivity contribution in [1.82, 2.24) is 9.88 Å². The number of nitrogens with zero attached hydrogens (tertiary/aromatic N) is 2. The predicted molar refractivity (Wildman–Crippen MR) is 97.6 cm³/mol. The number of carboxylic acid groups (broad SMARTS) is 1. The molecule has 1 aromatic carbocycles. The quantitative estimate of drug-likeness (QED) is 0.690. The van der Waals surface area contributed by atoms with E-state index in [9.17, 15) is 5.11 Å². The standard InChI is InChI=1S/C18H23N3O2.CH2O2/c19-17-7-9-21(12-18(17)22)11-14-4-3-6-16(10-14)23-13-15-5-1-2-8-20-15;2-1-3/h1-6,8,10,17-18,22H,7,9,11-13,19H2;1H,(H,2,3)/t17-,18-;/m1./s1. The average molecular weight is 359 g/mol. The van der Waals surface area contributed by atoms with Crippen molar-refractivity contribution in [3.8, 4) is 5.75 Å². The van der Waals surface area contributed by atoms with Crippen LogP contribution in [0.2, 0.25) is 0 Å². The van der Waals surface area contributed by atoms with E-state index in [1.807, 2.05) is 36.4 Å². The molecule has 0 bridgehead atoms. The number of hydrogen-bond donors (Lipinski definition) is 3. The summed E-state index contributed by atoms with van der Waals surface area (Å²) in [5.74, 6) is 0.836. The van der Waals surface area contributed by atoms with E-state index in [-0.39, 0.29) is 12.5 Å². The van der Waals surface area contributed by atoms with Gasteiger partial charge in [-0.25, -0.2) is 0 Å². The van der Waals surface area contributed by atoms with Gasteiger partial charge < -0.3 is 20.7 Å². The Morgan fingerprint density at radius 1 is 1.31 bits per heavy atom. The lowest BCUT2D eigenvalue weighted by Crippen LogP contribution is -2.50. The van der Waals surface area contributed by atoms with Gasteiger partial charge in [0.15, 0.2) is 0 Å². The van der Waals surface area contributed by atoms with Crippen molar-refractivity contribution >= 4 is 6.47 Å². The lowest BCUT2D eigenvalue weighted by atomic mass is 10.0. The summed E-state index contributed by atoms with van der Waals surface area (Å²) in [5.41, 5.74) is 7.93. The van der Waals surface area contributed by atoms with E-state index >= 15 is 0 Å². The van der Waals surface area contributed by atoms with Crippen LogP contribution in [0.25, 0.3) is 0 Å². The molecule has 2 heterocycles. The van der Waals surface area contributed by atoms with E-state index in [0.29, 0.717) is 13.2 Å². The third-order valence-electron chi connectivity index (χ3n) is 4.14. The van der Waals surface area contributed by atoms with Gasteiger partial charge in [-0.3, -0.25) is 14.7 Å². The molecule has 1 fully saturated rings. The highest BCUT2D eigenvalue weighted by Gasteiger charge is 2.24. The molecule has 0 amide bonds. The fraction of sp³-hybridized carbons (Fsp3) is 0.368. The maximum atomic E-state index is 9.89. The van der Waals surface area contributed by atoms with Crippen LogP contribution in [0.15, 0.2) is 48.7 Å². The SMILES string of the molecule is N[C@@H]1CCN(Cc2cccc(OCc3ccccn3)c2)C[C@H]1O.O=CO. The second-order valence-corrected chi connectivity index (χ2v) is 6.12. The van der Waals surface area contributed by atoms with Gasteiger partial charge in [0.2, 0.25) is 0 Å². The molecule has 1 saturated heterocycles. The number of aliphatic hydroxyl groups is 1. The van der Waals surface area contributed by atoms with Crippen LogP contribution in [0.4, 0.5) is 0 Å². The number of pyridine rings is 1. The molecule has 0 radical (unpaired) electrons. The van der Waals surface area contributed by atoms with Gasteiger partial charge in [0.1, 0.15) is 12.4 Å². The number of hydrogen-bond acceptors (Lipinski definition) is 6. The van der Waals surface area contributed by atoms with E-state index in [4.69, 9.17) is 20.4 Å². The van der Waals surface area contributed by atoms with Crippen LogP contribution < -0.4 is 10.5 Å². The summed E-state index contributed by atoms with van der Waals surface area (Å²) in [5, 5.41) is 16.8. The molecular weight excluding hydrogens is 334 g/mol. The van der Waals surface area contributed by atoms with Gasteiger partial charge in [-0.2, -0.15) is 0 Å². The van der Waals surface area contributed by atoms with Crippen molar-refractivity contribution < 1.29 is 19.7 Å². The van der Waals surface area contributed by atoms with Crippen molar-refractivity contribution in [2.75, 3.05) is 13.1 Å². The van der Waals surface area contributed by atoms with Crippen LogP contribution in [0, 0.1) is 0 Å². The highest BCUT2D eigenvalue weighted by atomic mass is 16.5. The molecular formula is C19H25N3O4. The average Bonchev–Trinajstić information content (AvgIpc) is 2.65. The van der Waals surface area contributed by atoms with E-state index < -0.39 is 6.10 Å². The minimum atomic E-state index is -0.438. The van der Waals surface area contributed by atoms with E-state index in [0.717, 1.165) is 31.0 Å². The van der Waals surface area contributed by atoms with Gasteiger partial charge in [0.25, 0.3) is 6.47 Å². The monoisotopic (exact) mass is 359 g/mol. The third-order valence-corrected chi connectivity index (χ3v) is 4.14. The third kappa shape index (κ3) is 6.44. The van der Waals surface area contributed by atoms with Crippen LogP contribution >= 0.6 is 0 Å². The zero-order chi connectivity index (χ0) is 18.8. The van der Waals surface area contributed by atoms with Crippen LogP contribution in [0.1, 0.15) is 17.7 Å². The molecule has 0 saturated carbocycles. The maximum absolute atomic E-state index is 9.89. The number of carbonyl (C=O) groups is 1. The van der Waals surface area contributed by atoms with Gasteiger partial charge >= 0.3 is 0 Å². The van der Waals surface area contributed by atoms with Crippen molar-refractivity contribution in [2.45, 2.75) is 31.7 Å². The van der Waals surface area contributed by atoms with E-state index in [1.165, 1.54) is 5.56 Å². The molecule has 0 spiro atoms. The maximum Gasteiger partial charge on any atom is 0.290 e. The molecule has 0 aliphatic carbocycles. The van der Waals surface area contributed by atoms with Crippen LogP contribution in [-0.2, 0) is 17.9 Å². The smallest absolute Gasteiger partial charge is 0.290 e. The van der Waals surface area contributed by atoms with Crippen LogP contribution in [0.5, 0.6) is 5.75 Å². The minimum Gasteiger partial charge on any atom is -0.487 e. The Morgan fingerprint density at radius 3 is 2.81 bits per heavy atom. The fourth-order valence-electron chi connectivity index (χ4n) is 2.79. The number of likely N-dealkylation sites (tertiary alicyclic amines) is 1. The zero-order valence-corrected chi connectivity index (χ0v) is 14.6. The lowest BCUT2D eigenvalue weighted by molar-refractivity contribution is -0.122. The molecule has 2 atom stereocenters. The molecule has 7 heteroatoms. The number of rotatable bonds is 5. The van der Waals surface area contributed by atoms with Gasteiger partial charge in [0.05, 0.1) is 11.8 Å². The Bertz CT molecular complexity index is 669. The van der Waals surface area contributed by atoms with Gasteiger partial charge in [-0.05, 0) is 36.2 Å². The number of β-amino-alcohol motifs (C(OH)–C–C–N with tert-alkyl or cyclic N) is 1. The highest BCUT2D eigenvalue weighted by molar-refractivity contribution is 5.32.